The van der Waals surface area contributed by atoms with Crippen LogP contribution in [0.15, 0.2) is 36.4 Å². The van der Waals surface area contributed by atoms with Gasteiger partial charge in [-0.1, -0.05) is 35.3 Å². The number of hydrogen-bond donors (Lipinski definition) is 0. The number of benzene rings is 2. The molecule has 0 aliphatic carbocycles. The average Bonchev–Trinajstić information content (AvgIpc) is 3.13. The first-order chi connectivity index (χ1) is 14.1. The Morgan fingerprint density at radius 2 is 1.73 bits per heavy atom. The molecule has 1 saturated heterocycles. The number of halogens is 2. The van der Waals surface area contributed by atoms with Crippen LogP contribution in [0.2, 0.25) is 10.0 Å². The van der Waals surface area contributed by atoms with Crippen LogP contribution in [0.25, 0.3) is 5.57 Å². The van der Waals surface area contributed by atoms with Gasteiger partial charge in [0, 0.05) is 16.8 Å². The molecule has 3 aliphatic rings. The number of amides is 2. The second-order valence-electron chi connectivity index (χ2n) is 8.59. The van der Waals surface area contributed by atoms with Crippen molar-refractivity contribution in [3.05, 3.63) is 63.1 Å². The van der Waals surface area contributed by atoms with Crippen molar-refractivity contribution in [3.8, 4) is 0 Å². The van der Waals surface area contributed by atoms with Crippen LogP contribution in [0.5, 0.6) is 0 Å². The molecule has 1 spiro atoms. The van der Waals surface area contributed by atoms with Crippen LogP contribution < -0.4 is 9.80 Å². The van der Waals surface area contributed by atoms with Crippen LogP contribution in [-0.2, 0) is 14.5 Å². The lowest BCUT2D eigenvalue weighted by molar-refractivity contribution is -0.124. The van der Waals surface area contributed by atoms with Gasteiger partial charge >= 0.3 is 0 Å². The molecule has 7 heteroatoms. The molecule has 1 atom stereocenters. The van der Waals surface area contributed by atoms with Crippen molar-refractivity contribution in [1.82, 2.24) is 0 Å². The number of carbonyl (C=O) groups is 2. The summed E-state index contributed by atoms with van der Waals surface area (Å²) < 4.78 is 0. The largest absolute Gasteiger partial charge is 0.299 e. The summed E-state index contributed by atoms with van der Waals surface area (Å²) in [4.78, 5) is 29.6. The van der Waals surface area contributed by atoms with Gasteiger partial charge in [-0.15, -0.1) is 11.8 Å². The van der Waals surface area contributed by atoms with Crippen LogP contribution in [0, 0.1) is 6.92 Å². The van der Waals surface area contributed by atoms with Crippen LogP contribution >= 0.6 is 35.0 Å². The maximum absolute atomic E-state index is 14.1. The zero-order valence-electron chi connectivity index (χ0n) is 17.0. The SMILES string of the molecule is CC1=CC(C)(C)N2C(=O)[C@]3(SCC(=O)N3c3ccc(Cl)c(Cl)c3)c3cc(C)cc1c32. The van der Waals surface area contributed by atoms with Gasteiger partial charge in [0.15, 0.2) is 0 Å². The molecule has 0 saturated carbocycles. The summed E-state index contributed by atoms with van der Waals surface area (Å²) in [5.74, 6) is -0.000554. The number of hydrogen-bond acceptors (Lipinski definition) is 3. The van der Waals surface area contributed by atoms with Crippen LogP contribution in [0.3, 0.4) is 0 Å². The molecule has 3 heterocycles. The molecule has 3 aliphatic heterocycles. The number of rotatable bonds is 1. The molecule has 0 radical (unpaired) electrons. The van der Waals surface area contributed by atoms with Crippen molar-refractivity contribution in [2.75, 3.05) is 15.6 Å². The molecule has 5 rings (SSSR count). The fourth-order valence-corrected chi connectivity index (χ4v) is 6.56. The maximum atomic E-state index is 14.1. The Hall–Kier alpha value is -1.95. The van der Waals surface area contributed by atoms with E-state index in [4.69, 9.17) is 23.2 Å². The van der Waals surface area contributed by atoms with E-state index in [9.17, 15) is 9.59 Å². The second kappa shape index (κ2) is 6.28. The summed E-state index contributed by atoms with van der Waals surface area (Å²) in [6, 6.07) is 9.23. The Labute approximate surface area is 189 Å². The molecule has 2 aromatic carbocycles. The van der Waals surface area contributed by atoms with E-state index in [1.54, 1.807) is 23.1 Å². The molecule has 30 heavy (non-hydrogen) atoms. The van der Waals surface area contributed by atoms with Crippen molar-refractivity contribution >= 4 is 63.7 Å². The monoisotopic (exact) mass is 458 g/mol. The van der Waals surface area contributed by atoms with Gasteiger partial charge in [-0.05, 0) is 63.1 Å². The zero-order chi connectivity index (χ0) is 21.6. The smallest absolute Gasteiger partial charge is 0.269 e. The number of anilines is 2. The highest BCUT2D eigenvalue weighted by atomic mass is 35.5. The number of thioether (sulfide) groups is 1. The molecule has 4 nitrogen and oxygen atoms in total. The lowest BCUT2D eigenvalue weighted by Gasteiger charge is -2.40. The van der Waals surface area contributed by atoms with E-state index in [1.165, 1.54) is 11.8 Å². The van der Waals surface area contributed by atoms with Crippen molar-refractivity contribution in [1.29, 1.82) is 0 Å². The van der Waals surface area contributed by atoms with Crippen molar-refractivity contribution in [3.63, 3.8) is 0 Å². The van der Waals surface area contributed by atoms with Crippen molar-refractivity contribution in [2.45, 2.75) is 38.1 Å². The highest BCUT2D eigenvalue weighted by Gasteiger charge is 2.64. The minimum Gasteiger partial charge on any atom is -0.299 e. The van der Waals surface area contributed by atoms with E-state index >= 15 is 0 Å². The Morgan fingerprint density at radius 1 is 1.00 bits per heavy atom. The number of carbonyl (C=O) groups excluding carboxylic acids is 2. The van der Waals surface area contributed by atoms with E-state index in [1.807, 2.05) is 31.7 Å². The summed E-state index contributed by atoms with van der Waals surface area (Å²) >= 11 is 13.8. The van der Waals surface area contributed by atoms with Gasteiger partial charge in [0.2, 0.25) is 10.8 Å². The topological polar surface area (TPSA) is 40.6 Å². The van der Waals surface area contributed by atoms with Crippen molar-refractivity contribution < 1.29 is 9.59 Å². The first kappa shape index (κ1) is 20.0. The van der Waals surface area contributed by atoms with Gasteiger partial charge in [0.25, 0.3) is 5.91 Å². The minimum atomic E-state index is -1.15. The number of nitrogens with zero attached hydrogens (tertiary/aromatic N) is 2. The Kier molecular flexibility index (Phi) is 4.18. The zero-order valence-corrected chi connectivity index (χ0v) is 19.4. The fourth-order valence-electron chi connectivity index (χ4n) is 4.95. The second-order valence-corrected chi connectivity index (χ2v) is 10.6. The molecular formula is C23H20Cl2N2O2S. The van der Waals surface area contributed by atoms with Gasteiger partial charge in [0.05, 0.1) is 27.0 Å². The summed E-state index contributed by atoms with van der Waals surface area (Å²) in [5.41, 5.74) is 5.08. The van der Waals surface area contributed by atoms with Gasteiger partial charge < -0.3 is 0 Å². The van der Waals surface area contributed by atoms with Crippen molar-refractivity contribution in [2.24, 2.45) is 0 Å². The highest BCUT2D eigenvalue weighted by molar-refractivity contribution is 8.02. The van der Waals surface area contributed by atoms with E-state index in [2.05, 4.69) is 19.1 Å². The Morgan fingerprint density at radius 3 is 2.43 bits per heavy atom. The highest BCUT2D eigenvalue weighted by Crippen LogP contribution is 2.60. The van der Waals surface area contributed by atoms with Crippen LogP contribution in [-0.4, -0.2) is 23.1 Å². The third-order valence-corrected chi connectivity index (χ3v) is 8.16. The average molecular weight is 459 g/mol. The summed E-state index contributed by atoms with van der Waals surface area (Å²) in [7, 11) is 0. The number of fused-ring (bicyclic) bond motifs is 1. The summed E-state index contributed by atoms with van der Waals surface area (Å²) in [5, 5.41) is 0.758. The summed E-state index contributed by atoms with van der Waals surface area (Å²) in [6.07, 6.45) is 2.13. The van der Waals surface area contributed by atoms with Gasteiger partial charge in [-0.3, -0.25) is 19.4 Å². The molecule has 0 bridgehead atoms. The minimum absolute atomic E-state index is 0.0972. The molecule has 0 aromatic heterocycles. The normalized spacial score (nSPS) is 24.0. The van der Waals surface area contributed by atoms with Crippen LogP contribution in [0.4, 0.5) is 11.4 Å². The Balaban J connectivity index is 1.82. The molecule has 154 valence electrons. The molecular weight excluding hydrogens is 439 g/mol. The van der Waals surface area contributed by atoms with Gasteiger partial charge in [0.1, 0.15) is 0 Å². The first-order valence-electron chi connectivity index (χ1n) is 9.69. The first-order valence-corrected chi connectivity index (χ1v) is 11.4. The Bertz CT molecular complexity index is 1190. The van der Waals surface area contributed by atoms with Gasteiger partial charge in [-0.25, -0.2) is 0 Å². The van der Waals surface area contributed by atoms with Gasteiger partial charge in [-0.2, -0.15) is 0 Å². The predicted molar refractivity (Wildman–Crippen MR) is 124 cm³/mol. The molecule has 2 aromatic rings. The number of aryl methyl sites for hydroxylation is 1. The number of allylic oxidation sites excluding steroid dienone is 1. The third kappa shape index (κ3) is 2.43. The molecule has 2 amide bonds. The molecule has 0 unspecified atom stereocenters. The quantitative estimate of drug-likeness (QED) is 0.543. The third-order valence-electron chi connectivity index (χ3n) is 6.04. The van der Waals surface area contributed by atoms with E-state index in [0.717, 1.165) is 28.0 Å². The predicted octanol–water partition coefficient (Wildman–Crippen LogP) is 5.78. The van der Waals surface area contributed by atoms with E-state index in [0.29, 0.717) is 15.7 Å². The lowest BCUT2D eigenvalue weighted by atomic mass is 9.88. The van der Waals surface area contributed by atoms with E-state index < -0.39 is 10.4 Å². The lowest BCUT2D eigenvalue weighted by Crippen LogP contribution is -2.54. The fraction of sp³-hybridized carbons (Fsp3) is 0.304. The standard InChI is InChI=1S/C23H20Cl2N2O2S/c1-12-7-15-13(2)10-22(3,4)27-20(15)16(8-12)23(21(27)29)26(19(28)11-30-23)14-5-6-17(24)18(25)9-14/h5-10H,11H2,1-4H3/t23-/m1/s1. The van der Waals surface area contributed by atoms with E-state index in [-0.39, 0.29) is 17.6 Å². The molecule has 0 N–H and O–H groups in total. The van der Waals surface area contributed by atoms with Crippen LogP contribution in [0.1, 0.15) is 37.5 Å². The molecule has 1 fully saturated rings. The maximum Gasteiger partial charge on any atom is 0.269 e. The summed E-state index contributed by atoms with van der Waals surface area (Å²) in [6.45, 7) is 8.17.